The third kappa shape index (κ3) is 4.34. The molecule has 0 spiro atoms. The molecule has 0 amide bonds. The molecule has 0 saturated heterocycles. The van der Waals surface area contributed by atoms with E-state index in [9.17, 15) is 13.2 Å². The van der Waals surface area contributed by atoms with Crippen molar-refractivity contribution in [3.8, 4) is 5.75 Å². The summed E-state index contributed by atoms with van der Waals surface area (Å²) in [5.74, 6) is 2.48. The van der Waals surface area contributed by atoms with E-state index in [2.05, 4.69) is 15.3 Å². The first-order valence-electron chi connectivity index (χ1n) is 7.39. The maximum Gasteiger partial charge on any atom is 0.416 e. The van der Waals surface area contributed by atoms with Crippen LogP contribution in [-0.4, -0.2) is 23.1 Å². The van der Waals surface area contributed by atoms with Crippen LogP contribution >= 0.6 is 0 Å². The second-order valence-electron chi connectivity index (χ2n) is 5.37. The van der Waals surface area contributed by atoms with Gasteiger partial charge >= 0.3 is 6.18 Å². The molecule has 0 unspecified atom stereocenters. The monoisotopic (exact) mass is 323 g/mol. The van der Waals surface area contributed by atoms with Crippen molar-refractivity contribution in [1.82, 2.24) is 9.97 Å². The SMILES string of the molecule is FC(F)(F)c1ccc(OCCNc2ccnc(C3CC3)n2)cc1. The molecule has 0 bridgehead atoms. The van der Waals surface area contributed by atoms with E-state index < -0.39 is 11.7 Å². The molecule has 7 heteroatoms. The minimum Gasteiger partial charge on any atom is -0.492 e. The lowest BCUT2D eigenvalue weighted by atomic mass is 10.2. The number of hydrogen-bond donors (Lipinski definition) is 1. The predicted molar refractivity (Wildman–Crippen MR) is 79.4 cm³/mol. The molecule has 1 saturated carbocycles. The molecule has 23 heavy (non-hydrogen) atoms. The van der Waals surface area contributed by atoms with Gasteiger partial charge in [0, 0.05) is 12.1 Å². The van der Waals surface area contributed by atoms with Gasteiger partial charge in [-0.2, -0.15) is 13.2 Å². The summed E-state index contributed by atoms with van der Waals surface area (Å²) >= 11 is 0. The van der Waals surface area contributed by atoms with Crippen LogP contribution in [0.1, 0.15) is 30.1 Å². The molecule has 1 aromatic heterocycles. The Balaban J connectivity index is 1.45. The van der Waals surface area contributed by atoms with Crippen molar-refractivity contribution in [2.75, 3.05) is 18.5 Å². The van der Waals surface area contributed by atoms with Crippen molar-refractivity contribution >= 4 is 5.82 Å². The van der Waals surface area contributed by atoms with Crippen LogP contribution in [0.3, 0.4) is 0 Å². The van der Waals surface area contributed by atoms with Gasteiger partial charge in [-0.25, -0.2) is 9.97 Å². The first-order valence-corrected chi connectivity index (χ1v) is 7.39. The lowest BCUT2D eigenvalue weighted by Crippen LogP contribution is -2.13. The molecule has 2 aromatic rings. The number of anilines is 1. The van der Waals surface area contributed by atoms with Crippen LogP contribution < -0.4 is 10.1 Å². The Morgan fingerprint density at radius 1 is 1.13 bits per heavy atom. The molecule has 1 N–H and O–H groups in total. The topological polar surface area (TPSA) is 47.0 Å². The number of nitrogens with zero attached hydrogens (tertiary/aromatic N) is 2. The Labute approximate surface area is 131 Å². The maximum absolute atomic E-state index is 12.4. The number of ether oxygens (including phenoxy) is 1. The Bertz CT molecular complexity index is 654. The summed E-state index contributed by atoms with van der Waals surface area (Å²) in [7, 11) is 0. The summed E-state index contributed by atoms with van der Waals surface area (Å²) in [5, 5.41) is 3.12. The zero-order chi connectivity index (χ0) is 16.3. The molecule has 1 fully saturated rings. The average molecular weight is 323 g/mol. The molecular formula is C16H16F3N3O. The molecule has 0 radical (unpaired) electrons. The molecule has 1 heterocycles. The van der Waals surface area contributed by atoms with Crippen LogP contribution in [0.4, 0.5) is 19.0 Å². The Morgan fingerprint density at radius 3 is 2.52 bits per heavy atom. The molecule has 0 atom stereocenters. The van der Waals surface area contributed by atoms with E-state index in [0.717, 1.165) is 36.6 Å². The van der Waals surface area contributed by atoms with Crippen molar-refractivity contribution in [3.63, 3.8) is 0 Å². The minimum atomic E-state index is -4.33. The number of nitrogens with one attached hydrogen (secondary N) is 1. The minimum absolute atomic E-state index is 0.328. The van der Waals surface area contributed by atoms with E-state index >= 15 is 0 Å². The summed E-state index contributed by atoms with van der Waals surface area (Å²) in [6, 6.07) is 6.44. The molecule has 1 aliphatic rings. The van der Waals surface area contributed by atoms with Crippen LogP contribution in [0.25, 0.3) is 0 Å². The second kappa shape index (κ2) is 6.44. The van der Waals surface area contributed by atoms with Gasteiger partial charge in [0.1, 0.15) is 24.0 Å². The summed E-state index contributed by atoms with van der Waals surface area (Å²) in [6.07, 6.45) is -0.326. The number of alkyl halides is 3. The molecular weight excluding hydrogens is 307 g/mol. The van der Waals surface area contributed by atoms with Gasteiger partial charge in [-0.15, -0.1) is 0 Å². The van der Waals surface area contributed by atoms with Crippen molar-refractivity contribution in [2.45, 2.75) is 24.9 Å². The Kier molecular flexibility index (Phi) is 4.36. The summed E-state index contributed by atoms with van der Waals surface area (Å²) in [6.45, 7) is 0.830. The average Bonchev–Trinajstić information content (AvgIpc) is 3.36. The van der Waals surface area contributed by atoms with Crippen LogP contribution in [-0.2, 0) is 6.18 Å². The van der Waals surface area contributed by atoms with Crippen LogP contribution in [0.15, 0.2) is 36.5 Å². The standard InChI is InChI=1S/C16H16F3N3O/c17-16(18,19)12-3-5-13(6-4-12)23-10-9-20-14-7-8-21-15(22-14)11-1-2-11/h3-8,11H,1-2,9-10H2,(H,20,21,22). The number of halogens is 3. The first-order chi connectivity index (χ1) is 11.0. The fraction of sp³-hybridized carbons (Fsp3) is 0.375. The van der Waals surface area contributed by atoms with E-state index in [1.54, 1.807) is 12.3 Å². The Hall–Kier alpha value is -2.31. The van der Waals surface area contributed by atoms with E-state index in [-0.39, 0.29) is 0 Å². The van der Waals surface area contributed by atoms with Crippen molar-refractivity contribution < 1.29 is 17.9 Å². The van der Waals surface area contributed by atoms with E-state index in [1.807, 2.05) is 0 Å². The van der Waals surface area contributed by atoms with Crippen molar-refractivity contribution in [2.24, 2.45) is 0 Å². The quantitative estimate of drug-likeness (QED) is 0.820. The third-order valence-electron chi connectivity index (χ3n) is 3.48. The highest BCUT2D eigenvalue weighted by molar-refractivity contribution is 5.34. The summed E-state index contributed by atoms with van der Waals surface area (Å²) in [4.78, 5) is 8.65. The molecule has 0 aliphatic heterocycles. The highest BCUT2D eigenvalue weighted by Gasteiger charge is 2.30. The van der Waals surface area contributed by atoms with Crippen LogP contribution in [0.5, 0.6) is 5.75 Å². The van der Waals surface area contributed by atoms with E-state index in [1.165, 1.54) is 12.1 Å². The first kappa shape index (κ1) is 15.6. The van der Waals surface area contributed by atoms with E-state index in [4.69, 9.17) is 4.74 Å². The normalized spacial score (nSPS) is 14.6. The lowest BCUT2D eigenvalue weighted by molar-refractivity contribution is -0.137. The zero-order valence-electron chi connectivity index (χ0n) is 12.3. The van der Waals surface area contributed by atoms with Crippen LogP contribution in [0.2, 0.25) is 0 Å². The zero-order valence-corrected chi connectivity index (χ0v) is 12.3. The highest BCUT2D eigenvalue weighted by Crippen LogP contribution is 2.38. The lowest BCUT2D eigenvalue weighted by Gasteiger charge is -2.10. The maximum atomic E-state index is 12.4. The van der Waals surface area contributed by atoms with Gasteiger partial charge in [0.05, 0.1) is 12.1 Å². The van der Waals surface area contributed by atoms with Gasteiger partial charge in [-0.3, -0.25) is 0 Å². The largest absolute Gasteiger partial charge is 0.492 e. The fourth-order valence-electron chi connectivity index (χ4n) is 2.10. The fourth-order valence-corrected chi connectivity index (χ4v) is 2.10. The number of benzene rings is 1. The Morgan fingerprint density at radius 2 is 1.87 bits per heavy atom. The third-order valence-corrected chi connectivity index (χ3v) is 3.48. The summed E-state index contributed by atoms with van der Waals surface area (Å²) < 4.78 is 42.7. The highest BCUT2D eigenvalue weighted by atomic mass is 19.4. The van der Waals surface area contributed by atoms with Gasteiger partial charge in [0.2, 0.25) is 0 Å². The van der Waals surface area contributed by atoms with Gasteiger partial charge in [-0.05, 0) is 43.2 Å². The van der Waals surface area contributed by atoms with Crippen molar-refractivity contribution in [1.29, 1.82) is 0 Å². The molecule has 1 aliphatic carbocycles. The smallest absolute Gasteiger partial charge is 0.416 e. The van der Waals surface area contributed by atoms with Gasteiger partial charge in [0.15, 0.2) is 0 Å². The molecule has 1 aromatic carbocycles. The number of hydrogen-bond acceptors (Lipinski definition) is 4. The van der Waals surface area contributed by atoms with Gasteiger partial charge in [0.25, 0.3) is 0 Å². The molecule has 3 rings (SSSR count). The van der Waals surface area contributed by atoms with E-state index in [0.29, 0.717) is 24.8 Å². The summed E-state index contributed by atoms with van der Waals surface area (Å²) in [5.41, 5.74) is -0.684. The number of aromatic nitrogens is 2. The van der Waals surface area contributed by atoms with Crippen molar-refractivity contribution in [3.05, 3.63) is 47.9 Å². The molecule has 122 valence electrons. The predicted octanol–water partition coefficient (Wildman–Crippen LogP) is 3.86. The van der Waals surface area contributed by atoms with Gasteiger partial charge < -0.3 is 10.1 Å². The van der Waals surface area contributed by atoms with Gasteiger partial charge in [-0.1, -0.05) is 0 Å². The number of rotatable bonds is 6. The second-order valence-corrected chi connectivity index (χ2v) is 5.37. The molecule has 4 nitrogen and oxygen atoms in total. The van der Waals surface area contributed by atoms with Crippen LogP contribution in [0, 0.1) is 0 Å².